The van der Waals surface area contributed by atoms with Crippen LogP contribution in [0.4, 0.5) is 34.0 Å². The summed E-state index contributed by atoms with van der Waals surface area (Å²) in [6, 6.07) is 15.8. The molecule has 15 heteroatoms. The maximum atomic E-state index is 15.2. The van der Waals surface area contributed by atoms with Crippen molar-refractivity contribution in [2.45, 2.75) is 57.9 Å². The second-order valence-corrected chi connectivity index (χ2v) is 14.8. The van der Waals surface area contributed by atoms with E-state index in [0.717, 1.165) is 48.5 Å². The van der Waals surface area contributed by atoms with Gasteiger partial charge >= 0.3 is 6.03 Å². The van der Waals surface area contributed by atoms with Gasteiger partial charge in [-0.1, -0.05) is 24.3 Å². The molecule has 0 aliphatic carbocycles. The molecule has 11 nitrogen and oxygen atoms in total. The van der Waals surface area contributed by atoms with E-state index in [9.17, 15) is 22.8 Å². The van der Waals surface area contributed by atoms with Crippen LogP contribution < -0.4 is 15.5 Å². The number of carbonyl (C=O) groups is 2. The molecule has 2 saturated heterocycles. The van der Waals surface area contributed by atoms with Crippen LogP contribution in [0.25, 0.3) is 32.9 Å². The molecule has 6 aromatic rings. The summed E-state index contributed by atoms with van der Waals surface area (Å²) >= 11 is 0. The van der Waals surface area contributed by atoms with Crippen molar-refractivity contribution in [3.05, 3.63) is 106 Å². The Morgan fingerprint density at radius 2 is 1.72 bits per heavy atom. The van der Waals surface area contributed by atoms with Crippen molar-refractivity contribution in [3.63, 3.8) is 0 Å². The van der Waals surface area contributed by atoms with Gasteiger partial charge in [0.2, 0.25) is 5.91 Å². The molecule has 2 aliphatic heterocycles. The third-order valence-electron chi connectivity index (χ3n) is 11.2. The number of fused-ring (bicyclic) bond motifs is 2. The molecule has 2 aliphatic rings. The molecule has 3 aromatic carbocycles. The standard InChI is InChI=1S/C42H41F4N9O2/c1-23(29-5-4-6-31(38(29)44)39(45)46)48-40-32-21-35(47-22-33(32)24(2)50-51-40)28-8-10-34(43)27(19-28)13-17-54-15-11-25(12-16-54)26-7-9-30-36(20-26)53(3)52-41(30)55-18-14-37(56)49-42(55)57/h4-10,19-23,25,39H,11-18H2,1-3H3,(H,48,51)(H,49,56,57). The first-order valence-corrected chi connectivity index (χ1v) is 19.0. The van der Waals surface area contributed by atoms with Crippen LogP contribution in [0.15, 0.2) is 66.9 Å². The predicted molar refractivity (Wildman–Crippen MR) is 209 cm³/mol. The summed E-state index contributed by atoms with van der Waals surface area (Å²) in [5, 5.41) is 20.9. The topological polar surface area (TPSA) is 121 Å². The lowest BCUT2D eigenvalue weighted by Crippen LogP contribution is -2.49. The highest BCUT2D eigenvalue weighted by Gasteiger charge is 2.29. The van der Waals surface area contributed by atoms with Crippen LogP contribution >= 0.6 is 0 Å². The SMILES string of the molecule is Cc1nnc(NC(C)c2cccc(C(F)F)c2F)c2cc(-c3ccc(F)c(CCN4CCC(c5ccc6c(N7CCC(=O)NC7=O)nn(C)c6c5)CC4)c3)ncc12. The summed E-state index contributed by atoms with van der Waals surface area (Å²) < 4.78 is 58.8. The smallest absolute Gasteiger partial charge is 0.329 e. The molecule has 2 fully saturated rings. The van der Waals surface area contributed by atoms with Gasteiger partial charge in [0.1, 0.15) is 11.6 Å². The Balaban J connectivity index is 0.938. The van der Waals surface area contributed by atoms with Crippen LogP contribution in [0.5, 0.6) is 0 Å². The van der Waals surface area contributed by atoms with Crippen molar-refractivity contribution in [2.75, 3.05) is 36.4 Å². The molecule has 0 radical (unpaired) electrons. The van der Waals surface area contributed by atoms with Gasteiger partial charge in [0.25, 0.3) is 6.43 Å². The highest BCUT2D eigenvalue weighted by atomic mass is 19.3. The number of benzene rings is 3. The fraction of sp³-hybridized carbons (Fsp3) is 0.333. The number of halogens is 4. The number of alkyl halides is 2. The normalized spacial score (nSPS) is 16.2. The molecular weight excluding hydrogens is 739 g/mol. The van der Waals surface area contributed by atoms with Crippen molar-refractivity contribution >= 4 is 45.2 Å². The van der Waals surface area contributed by atoms with Gasteiger partial charge in [-0.15, -0.1) is 5.10 Å². The Labute approximate surface area is 326 Å². The Bertz CT molecular complexity index is 2520. The number of piperidine rings is 1. The van der Waals surface area contributed by atoms with Crippen LogP contribution in [0.1, 0.15) is 72.5 Å². The molecule has 0 saturated carbocycles. The number of carbonyl (C=O) groups excluding carboxylic acids is 2. The molecule has 0 bridgehead atoms. The Morgan fingerprint density at radius 3 is 2.49 bits per heavy atom. The van der Waals surface area contributed by atoms with Crippen LogP contribution in [-0.2, 0) is 18.3 Å². The average molecular weight is 780 g/mol. The number of imide groups is 1. The van der Waals surface area contributed by atoms with Crippen LogP contribution in [0.2, 0.25) is 0 Å². The van der Waals surface area contributed by atoms with E-state index in [0.29, 0.717) is 58.2 Å². The van der Waals surface area contributed by atoms with Crippen LogP contribution in [0, 0.1) is 18.6 Å². The molecule has 3 amide bonds. The first kappa shape index (κ1) is 37.9. The van der Waals surface area contributed by atoms with E-state index in [1.54, 1.807) is 30.8 Å². The van der Waals surface area contributed by atoms with E-state index in [-0.39, 0.29) is 30.3 Å². The number of nitrogens with zero attached hydrogens (tertiary/aromatic N) is 7. The van der Waals surface area contributed by atoms with Crippen molar-refractivity contribution in [3.8, 4) is 11.3 Å². The first-order valence-electron chi connectivity index (χ1n) is 19.0. The summed E-state index contributed by atoms with van der Waals surface area (Å²) in [5.74, 6) is -0.319. The number of amides is 3. The largest absolute Gasteiger partial charge is 0.361 e. The molecule has 5 heterocycles. The molecular formula is C42H41F4N9O2. The monoisotopic (exact) mass is 779 g/mol. The highest BCUT2D eigenvalue weighted by molar-refractivity contribution is 6.08. The number of anilines is 2. The van der Waals surface area contributed by atoms with E-state index < -0.39 is 29.9 Å². The van der Waals surface area contributed by atoms with Crippen LogP contribution in [0.3, 0.4) is 0 Å². The van der Waals surface area contributed by atoms with Crippen molar-refractivity contribution in [1.29, 1.82) is 0 Å². The van der Waals surface area contributed by atoms with E-state index >= 15 is 4.39 Å². The molecule has 2 N–H and O–H groups in total. The van der Waals surface area contributed by atoms with Gasteiger partial charge in [0.15, 0.2) is 11.6 Å². The molecule has 57 heavy (non-hydrogen) atoms. The fourth-order valence-electron chi connectivity index (χ4n) is 7.96. The number of aromatic nitrogens is 5. The van der Waals surface area contributed by atoms with Gasteiger partial charge in [-0.05, 0) is 99.6 Å². The first-order chi connectivity index (χ1) is 27.4. The molecule has 294 valence electrons. The lowest BCUT2D eigenvalue weighted by Gasteiger charge is -2.32. The lowest BCUT2D eigenvalue weighted by molar-refractivity contribution is -0.120. The van der Waals surface area contributed by atoms with Crippen molar-refractivity contribution in [1.82, 2.24) is 35.2 Å². The molecule has 1 atom stereocenters. The van der Waals surface area contributed by atoms with Crippen molar-refractivity contribution in [2.24, 2.45) is 7.05 Å². The van der Waals surface area contributed by atoms with E-state index in [1.807, 2.05) is 25.2 Å². The number of rotatable bonds is 10. The minimum atomic E-state index is -2.94. The number of hydrogen-bond acceptors (Lipinski definition) is 8. The quantitative estimate of drug-likeness (QED) is 0.134. The fourth-order valence-corrected chi connectivity index (χ4v) is 7.96. The summed E-state index contributed by atoms with van der Waals surface area (Å²) in [6.07, 6.45) is 1.36. The Kier molecular flexibility index (Phi) is 10.3. The Morgan fingerprint density at radius 1 is 0.930 bits per heavy atom. The maximum absolute atomic E-state index is 15.2. The zero-order valence-corrected chi connectivity index (χ0v) is 31.7. The van der Waals surface area contributed by atoms with Gasteiger partial charge in [0, 0.05) is 60.0 Å². The summed E-state index contributed by atoms with van der Waals surface area (Å²) in [7, 11) is 1.85. The minimum Gasteiger partial charge on any atom is -0.361 e. The van der Waals surface area contributed by atoms with Gasteiger partial charge in [-0.3, -0.25) is 24.7 Å². The lowest BCUT2D eigenvalue weighted by atomic mass is 9.89. The number of likely N-dealkylation sites (tertiary alicyclic amines) is 1. The summed E-state index contributed by atoms with van der Waals surface area (Å²) in [5.41, 5.74) is 4.06. The van der Waals surface area contributed by atoms with Crippen molar-refractivity contribution < 1.29 is 27.2 Å². The predicted octanol–water partition coefficient (Wildman–Crippen LogP) is 8.14. The van der Waals surface area contributed by atoms with E-state index in [1.165, 1.54) is 28.7 Å². The van der Waals surface area contributed by atoms with Gasteiger partial charge < -0.3 is 10.2 Å². The van der Waals surface area contributed by atoms with E-state index in [2.05, 4.69) is 47.9 Å². The van der Waals surface area contributed by atoms with Gasteiger partial charge in [0.05, 0.1) is 28.5 Å². The maximum Gasteiger partial charge on any atom is 0.329 e. The number of nitrogens with one attached hydrogen (secondary N) is 2. The third kappa shape index (κ3) is 7.51. The zero-order chi connectivity index (χ0) is 40.0. The Hall–Kier alpha value is -5.96. The number of urea groups is 1. The molecule has 1 unspecified atom stereocenters. The molecule has 8 rings (SSSR count). The zero-order valence-electron chi connectivity index (χ0n) is 31.7. The third-order valence-corrected chi connectivity index (χ3v) is 11.2. The second-order valence-electron chi connectivity index (χ2n) is 14.8. The molecule has 0 spiro atoms. The van der Waals surface area contributed by atoms with Gasteiger partial charge in [-0.2, -0.15) is 10.2 Å². The van der Waals surface area contributed by atoms with E-state index in [4.69, 9.17) is 0 Å². The number of aryl methyl sites for hydroxylation is 2. The van der Waals surface area contributed by atoms with Crippen LogP contribution in [-0.4, -0.2) is 68.0 Å². The van der Waals surface area contributed by atoms with Gasteiger partial charge in [-0.25, -0.2) is 22.4 Å². The highest BCUT2D eigenvalue weighted by Crippen LogP contribution is 2.35. The number of pyridine rings is 1. The summed E-state index contributed by atoms with van der Waals surface area (Å²) in [6.45, 7) is 6.16. The molecule has 3 aromatic heterocycles. The average Bonchev–Trinajstić information content (AvgIpc) is 3.53. The number of hydrogen-bond donors (Lipinski definition) is 2. The minimum absolute atomic E-state index is 0.0804. The summed E-state index contributed by atoms with van der Waals surface area (Å²) in [4.78, 5) is 32.7. The second kappa shape index (κ2) is 15.5.